The van der Waals surface area contributed by atoms with Crippen molar-refractivity contribution in [1.29, 1.82) is 0 Å². The van der Waals surface area contributed by atoms with Gasteiger partial charge in [-0.25, -0.2) is 4.68 Å². The van der Waals surface area contributed by atoms with Crippen LogP contribution in [0.15, 0.2) is 59.3 Å². The Labute approximate surface area is 131 Å². The van der Waals surface area contributed by atoms with Gasteiger partial charge in [0.15, 0.2) is 0 Å². The maximum atomic E-state index is 4.46. The molecule has 0 fully saturated rings. The summed E-state index contributed by atoms with van der Waals surface area (Å²) < 4.78 is 2.78. The van der Waals surface area contributed by atoms with Crippen LogP contribution in [0.1, 0.15) is 17.4 Å². The summed E-state index contributed by atoms with van der Waals surface area (Å²) in [6, 6.07) is 13.8. The standard InChI is InChI=1S/C15H14BrN5/c1-17-15(13-8-7-11(16)9-18-13)14-10-19-20-21(14)12-5-3-2-4-6-12/h2-10,15,17H,1H3. The molecule has 1 atom stereocenters. The Kier molecular flexibility index (Phi) is 4.08. The van der Waals surface area contributed by atoms with Crippen molar-refractivity contribution in [3.05, 3.63) is 70.7 Å². The molecule has 2 aromatic heterocycles. The van der Waals surface area contributed by atoms with Crippen LogP contribution >= 0.6 is 15.9 Å². The molecule has 1 aromatic carbocycles. The molecule has 21 heavy (non-hydrogen) atoms. The first kappa shape index (κ1) is 13.9. The highest BCUT2D eigenvalue weighted by Gasteiger charge is 2.19. The van der Waals surface area contributed by atoms with Gasteiger partial charge < -0.3 is 5.32 Å². The van der Waals surface area contributed by atoms with Crippen LogP contribution in [0.25, 0.3) is 5.69 Å². The van der Waals surface area contributed by atoms with E-state index in [1.54, 1.807) is 12.4 Å². The molecule has 0 saturated carbocycles. The summed E-state index contributed by atoms with van der Waals surface area (Å²) in [6.07, 6.45) is 3.55. The van der Waals surface area contributed by atoms with Crippen molar-refractivity contribution >= 4 is 15.9 Å². The summed E-state index contributed by atoms with van der Waals surface area (Å²) in [4.78, 5) is 4.46. The first-order chi connectivity index (χ1) is 10.3. The number of hydrogen-bond acceptors (Lipinski definition) is 4. The fraction of sp³-hybridized carbons (Fsp3) is 0.133. The van der Waals surface area contributed by atoms with E-state index in [0.29, 0.717) is 0 Å². The largest absolute Gasteiger partial charge is 0.307 e. The van der Waals surface area contributed by atoms with Crippen molar-refractivity contribution in [2.24, 2.45) is 0 Å². The van der Waals surface area contributed by atoms with E-state index in [4.69, 9.17) is 0 Å². The predicted octanol–water partition coefficient (Wildman–Crippen LogP) is 2.73. The SMILES string of the molecule is CNC(c1ccc(Br)cn1)c1cnnn1-c1ccccc1. The van der Waals surface area contributed by atoms with E-state index in [-0.39, 0.29) is 6.04 Å². The van der Waals surface area contributed by atoms with Crippen molar-refractivity contribution in [2.45, 2.75) is 6.04 Å². The average molecular weight is 344 g/mol. The minimum atomic E-state index is -0.0756. The molecule has 6 heteroatoms. The van der Waals surface area contributed by atoms with Gasteiger partial charge in [0.05, 0.1) is 29.3 Å². The molecule has 3 aromatic rings. The molecule has 2 heterocycles. The molecule has 0 saturated heterocycles. The zero-order chi connectivity index (χ0) is 14.7. The van der Waals surface area contributed by atoms with Crippen LogP contribution in [-0.4, -0.2) is 27.0 Å². The second-order valence-electron chi connectivity index (χ2n) is 4.53. The lowest BCUT2D eigenvalue weighted by Crippen LogP contribution is -2.22. The smallest absolute Gasteiger partial charge is 0.0940 e. The third-order valence-corrected chi connectivity index (χ3v) is 3.68. The minimum absolute atomic E-state index is 0.0756. The van der Waals surface area contributed by atoms with Gasteiger partial charge in [0.2, 0.25) is 0 Å². The zero-order valence-electron chi connectivity index (χ0n) is 11.4. The first-order valence-corrected chi connectivity index (χ1v) is 7.33. The molecular weight excluding hydrogens is 330 g/mol. The van der Waals surface area contributed by atoms with Crippen molar-refractivity contribution in [3.63, 3.8) is 0 Å². The molecular formula is C15H14BrN5. The van der Waals surface area contributed by atoms with Crippen LogP contribution in [0, 0.1) is 0 Å². The van der Waals surface area contributed by atoms with Gasteiger partial charge in [0.1, 0.15) is 0 Å². The topological polar surface area (TPSA) is 55.6 Å². The van der Waals surface area contributed by atoms with Crippen LogP contribution < -0.4 is 5.32 Å². The monoisotopic (exact) mass is 343 g/mol. The lowest BCUT2D eigenvalue weighted by molar-refractivity contribution is 0.619. The Balaban J connectivity index is 2.03. The molecule has 1 unspecified atom stereocenters. The number of nitrogens with one attached hydrogen (secondary N) is 1. The number of para-hydroxylation sites is 1. The lowest BCUT2D eigenvalue weighted by Gasteiger charge is -2.16. The molecule has 5 nitrogen and oxygen atoms in total. The van der Waals surface area contributed by atoms with Crippen molar-refractivity contribution in [2.75, 3.05) is 7.05 Å². The van der Waals surface area contributed by atoms with E-state index in [1.807, 2.05) is 54.2 Å². The highest BCUT2D eigenvalue weighted by Crippen LogP contribution is 2.22. The first-order valence-electron chi connectivity index (χ1n) is 6.54. The van der Waals surface area contributed by atoms with E-state index in [2.05, 4.69) is 36.5 Å². The summed E-state index contributed by atoms with van der Waals surface area (Å²) in [6.45, 7) is 0. The van der Waals surface area contributed by atoms with E-state index in [1.165, 1.54) is 0 Å². The molecule has 0 spiro atoms. The number of benzene rings is 1. The molecule has 0 amide bonds. The van der Waals surface area contributed by atoms with Gasteiger partial charge in [0.25, 0.3) is 0 Å². The van der Waals surface area contributed by atoms with Crippen LogP contribution in [0.5, 0.6) is 0 Å². The number of rotatable bonds is 4. The molecule has 0 bridgehead atoms. The Hall–Kier alpha value is -2.05. The second kappa shape index (κ2) is 6.15. The molecule has 1 N–H and O–H groups in total. The predicted molar refractivity (Wildman–Crippen MR) is 84.2 cm³/mol. The second-order valence-corrected chi connectivity index (χ2v) is 5.44. The summed E-state index contributed by atoms with van der Waals surface area (Å²) in [5, 5.41) is 11.5. The van der Waals surface area contributed by atoms with Crippen LogP contribution in [0.4, 0.5) is 0 Å². The molecule has 106 valence electrons. The van der Waals surface area contributed by atoms with Crippen LogP contribution in [-0.2, 0) is 0 Å². The normalized spacial score (nSPS) is 12.3. The van der Waals surface area contributed by atoms with Crippen LogP contribution in [0.3, 0.4) is 0 Å². The summed E-state index contributed by atoms with van der Waals surface area (Å²) in [5.74, 6) is 0. The fourth-order valence-electron chi connectivity index (χ4n) is 2.21. The Morgan fingerprint density at radius 3 is 2.57 bits per heavy atom. The summed E-state index contributed by atoms with van der Waals surface area (Å²) in [5.41, 5.74) is 2.83. The van der Waals surface area contributed by atoms with E-state index in [9.17, 15) is 0 Å². The highest BCUT2D eigenvalue weighted by atomic mass is 79.9. The fourth-order valence-corrected chi connectivity index (χ4v) is 2.45. The van der Waals surface area contributed by atoms with E-state index < -0.39 is 0 Å². The number of nitrogens with zero attached hydrogens (tertiary/aromatic N) is 4. The van der Waals surface area contributed by atoms with E-state index in [0.717, 1.165) is 21.5 Å². The number of halogens is 1. The summed E-state index contributed by atoms with van der Waals surface area (Å²) in [7, 11) is 1.90. The Morgan fingerprint density at radius 1 is 1.10 bits per heavy atom. The Morgan fingerprint density at radius 2 is 1.90 bits per heavy atom. The van der Waals surface area contributed by atoms with Crippen LogP contribution in [0.2, 0.25) is 0 Å². The number of aromatic nitrogens is 4. The van der Waals surface area contributed by atoms with Gasteiger partial charge in [-0.15, -0.1) is 5.10 Å². The molecule has 0 aliphatic heterocycles. The molecule has 3 rings (SSSR count). The van der Waals surface area contributed by atoms with E-state index >= 15 is 0 Å². The average Bonchev–Trinajstić information content (AvgIpc) is 3.00. The molecule has 0 aliphatic carbocycles. The zero-order valence-corrected chi connectivity index (χ0v) is 13.0. The third-order valence-electron chi connectivity index (χ3n) is 3.21. The molecule has 0 radical (unpaired) electrons. The van der Waals surface area contributed by atoms with Gasteiger partial charge in [-0.3, -0.25) is 4.98 Å². The third kappa shape index (κ3) is 2.86. The van der Waals surface area contributed by atoms with Gasteiger partial charge in [-0.05, 0) is 47.2 Å². The van der Waals surface area contributed by atoms with Crippen molar-refractivity contribution in [3.8, 4) is 5.69 Å². The molecule has 0 aliphatic rings. The Bertz CT molecular complexity index is 708. The lowest BCUT2D eigenvalue weighted by atomic mass is 10.1. The highest BCUT2D eigenvalue weighted by molar-refractivity contribution is 9.10. The van der Waals surface area contributed by atoms with Gasteiger partial charge in [-0.1, -0.05) is 23.4 Å². The van der Waals surface area contributed by atoms with Crippen molar-refractivity contribution in [1.82, 2.24) is 25.3 Å². The minimum Gasteiger partial charge on any atom is -0.307 e. The quantitative estimate of drug-likeness (QED) is 0.791. The number of pyridine rings is 1. The number of hydrogen-bond donors (Lipinski definition) is 1. The maximum Gasteiger partial charge on any atom is 0.0940 e. The van der Waals surface area contributed by atoms with Gasteiger partial charge >= 0.3 is 0 Å². The van der Waals surface area contributed by atoms with Gasteiger partial charge in [0, 0.05) is 10.7 Å². The van der Waals surface area contributed by atoms with Crippen molar-refractivity contribution < 1.29 is 0 Å². The summed E-state index contributed by atoms with van der Waals surface area (Å²) >= 11 is 3.40. The van der Waals surface area contributed by atoms with Gasteiger partial charge in [-0.2, -0.15) is 0 Å². The maximum absolute atomic E-state index is 4.46.